The summed E-state index contributed by atoms with van der Waals surface area (Å²) in [4.78, 5) is 12.1. The van der Waals surface area contributed by atoms with E-state index in [1.807, 2.05) is 37.3 Å². The van der Waals surface area contributed by atoms with E-state index in [0.717, 1.165) is 12.0 Å². The first kappa shape index (κ1) is 20.0. The van der Waals surface area contributed by atoms with Crippen molar-refractivity contribution in [3.63, 3.8) is 0 Å². The maximum absolute atomic E-state index is 12.0. The molecular weight excluding hydrogens is 370 g/mol. The molecule has 3 N–H and O–H groups in total. The van der Waals surface area contributed by atoms with Crippen molar-refractivity contribution in [2.75, 3.05) is 11.9 Å². The van der Waals surface area contributed by atoms with E-state index in [-0.39, 0.29) is 22.3 Å². The number of sulfonamides is 1. The largest absolute Gasteiger partial charge is 0.332 e. The average Bonchev–Trinajstić information content (AvgIpc) is 2.61. The lowest BCUT2D eigenvalue weighted by molar-refractivity contribution is -0.119. The van der Waals surface area contributed by atoms with Gasteiger partial charge in [0, 0.05) is 12.2 Å². The maximum atomic E-state index is 12.0. The zero-order chi connectivity index (χ0) is 19.0. The van der Waals surface area contributed by atoms with E-state index in [1.165, 1.54) is 12.1 Å². The van der Waals surface area contributed by atoms with Crippen molar-refractivity contribution in [2.24, 2.45) is 0 Å². The molecule has 0 fully saturated rings. The predicted molar refractivity (Wildman–Crippen MR) is 106 cm³/mol. The molecular formula is C18H21N3O3S2. The zero-order valence-electron chi connectivity index (χ0n) is 14.4. The molecule has 0 heterocycles. The van der Waals surface area contributed by atoms with Crippen molar-refractivity contribution < 1.29 is 13.2 Å². The van der Waals surface area contributed by atoms with Gasteiger partial charge in [-0.25, -0.2) is 13.1 Å². The first-order valence-corrected chi connectivity index (χ1v) is 10.0. The van der Waals surface area contributed by atoms with Gasteiger partial charge >= 0.3 is 0 Å². The van der Waals surface area contributed by atoms with E-state index in [2.05, 4.69) is 15.4 Å². The van der Waals surface area contributed by atoms with Crippen LogP contribution in [-0.4, -0.2) is 26.0 Å². The van der Waals surface area contributed by atoms with Crippen LogP contribution in [0.4, 0.5) is 5.69 Å². The molecule has 26 heavy (non-hydrogen) atoms. The SMILES string of the molecule is CCCNS(=O)(=O)c1ccc(NC(=S)NC(=O)Cc2ccccc2)cc1. The molecule has 2 aromatic carbocycles. The van der Waals surface area contributed by atoms with Crippen LogP contribution in [0.15, 0.2) is 59.5 Å². The normalized spacial score (nSPS) is 11.0. The Balaban J connectivity index is 1.90. The number of anilines is 1. The van der Waals surface area contributed by atoms with Crippen LogP contribution in [0.3, 0.4) is 0 Å². The zero-order valence-corrected chi connectivity index (χ0v) is 16.0. The van der Waals surface area contributed by atoms with Gasteiger partial charge in [-0.05, 0) is 48.5 Å². The number of carbonyl (C=O) groups is 1. The van der Waals surface area contributed by atoms with Gasteiger partial charge in [-0.3, -0.25) is 4.79 Å². The molecule has 0 saturated heterocycles. The summed E-state index contributed by atoms with van der Waals surface area (Å²) < 4.78 is 26.6. The molecule has 0 aliphatic heterocycles. The number of thiocarbonyl (C=S) groups is 1. The van der Waals surface area contributed by atoms with Crippen LogP contribution in [0.1, 0.15) is 18.9 Å². The third-order valence-corrected chi connectivity index (χ3v) is 5.11. The fourth-order valence-corrected chi connectivity index (χ4v) is 3.52. The molecule has 6 nitrogen and oxygen atoms in total. The fraction of sp³-hybridized carbons (Fsp3) is 0.222. The standard InChI is InChI=1S/C18H21N3O3S2/c1-2-12-19-26(23,24)16-10-8-15(9-11-16)20-18(25)21-17(22)13-14-6-4-3-5-7-14/h3-11,19H,2,12-13H2,1H3,(H2,20,21,22,25). The third-order valence-electron chi connectivity index (χ3n) is 3.43. The van der Waals surface area contributed by atoms with E-state index in [1.54, 1.807) is 12.1 Å². The van der Waals surface area contributed by atoms with Crippen molar-refractivity contribution in [3.8, 4) is 0 Å². The Kier molecular flexibility index (Phi) is 7.26. The molecule has 0 aliphatic carbocycles. The number of hydrogen-bond donors (Lipinski definition) is 3. The molecule has 0 radical (unpaired) electrons. The van der Waals surface area contributed by atoms with Gasteiger partial charge in [0.25, 0.3) is 0 Å². The Morgan fingerprint density at radius 3 is 2.31 bits per heavy atom. The summed E-state index contributed by atoms with van der Waals surface area (Å²) in [5.74, 6) is -0.225. The molecule has 0 aliphatic rings. The van der Waals surface area contributed by atoms with Crippen LogP contribution < -0.4 is 15.4 Å². The van der Waals surface area contributed by atoms with Crippen molar-refractivity contribution in [3.05, 3.63) is 60.2 Å². The van der Waals surface area contributed by atoms with Gasteiger partial charge in [0.2, 0.25) is 15.9 Å². The van der Waals surface area contributed by atoms with Crippen LogP contribution in [0.25, 0.3) is 0 Å². The molecule has 1 amide bonds. The summed E-state index contributed by atoms with van der Waals surface area (Å²) in [6.07, 6.45) is 0.943. The third kappa shape index (κ3) is 6.21. The van der Waals surface area contributed by atoms with Gasteiger partial charge in [0.15, 0.2) is 5.11 Å². The van der Waals surface area contributed by atoms with Crippen molar-refractivity contribution in [1.29, 1.82) is 0 Å². The molecule has 8 heteroatoms. The van der Waals surface area contributed by atoms with Gasteiger partial charge in [-0.2, -0.15) is 0 Å². The Labute approximate surface area is 159 Å². The van der Waals surface area contributed by atoms with E-state index in [4.69, 9.17) is 12.2 Å². The van der Waals surface area contributed by atoms with Crippen LogP contribution in [0, 0.1) is 0 Å². The van der Waals surface area contributed by atoms with Crippen LogP contribution in [0.5, 0.6) is 0 Å². The van der Waals surface area contributed by atoms with Gasteiger partial charge in [-0.1, -0.05) is 37.3 Å². The molecule has 0 spiro atoms. The Morgan fingerprint density at radius 2 is 1.69 bits per heavy atom. The first-order chi connectivity index (χ1) is 12.4. The summed E-state index contributed by atoms with van der Waals surface area (Å²) in [5, 5.41) is 5.62. The molecule has 0 atom stereocenters. The van der Waals surface area contributed by atoms with E-state index >= 15 is 0 Å². The minimum Gasteiger partial charge on any atom is -0.332 e. The number of rotatable bonds is 7. The van der Waals surface area contributed by atoms with Crippen molar-refractivity contribution in [2.45, 2.75) is 24.7 Å². The molecule has 0 saturated carbocycles. The quantitative estimate of drug-likeness (QED) is 0.631. The molecule has 2 aromatic rings. The molecule has 0 aromatic heterocycles. The van der Waals surface area contributed by atoms with E-state index in [9.17, 15) is 13.2 Å². The highest BCUT2D eigenvalue weighted by atomic mass is 32.2. The minimum absolute atomic E-state index is 0.158. The predicted octanol–water partition coefficient (Wildman–Crippen LogP) is 2.43. The van der Waals surface area contributed by atoms with Crippen molar-refractivity contribution in [1.82, 2.24) is 10.0 Å². The second-order valence-electron chi connectivity index (χ2n) is 5.59. The molecule has 0 bridgehead atoms. The highest BCUT2D eigenvalue weighted by Crippen LogP contribution is 2.14. The Morgan fingerprint density at radius 1 is 1.04 bits per heavy atom. The lowest BCUT2D eigenvalue weighted by Crippen LogP contribution is -2.35. The first-order valence-electron chi connectivity index (χ1n) is 8.15. The summed E-state index contributed by atoms with van der Waals surface area (Å²) in [6.45, 7) is 2.28. The van der Waals surface area contributed by atoms with Gasteiger partial charge in [0.05, 0.1) is 11.3 Å². The van der Waals surface area contributed by atoms with E-state index in [0.29, 0.717) is 12.2 Å². The summed E-state index contributed by atoms with van der Waals surface area (Å²) >= 11 is 5.12. The van der Waals surface area contributed by atoms with Gasteiger partial charge in [-0.15, -0.1) is 0 Å². The van der Waals surface area contributed by atoms with Gasteiger partial charge in [0.1, 0.15) is 0 Å². The number of hydrogen-bond acceptors (Lipinski definition) is 4. The molecule has 2 rings (SSSR count). The fourth-order valence-electron chi connectivity index (χ4n) is 2.15. The number of nitrogens with one attached hydrogen (secondary N) is 3. The summed E-state index contributed by atoms with van der Waals surface area (Å²) in [5.41, 5.74) is 1.48. The number of amides is 1. The highest BCUT2D eigenvalue weighted by Gasteiger charge is 2.13. The molecule has 138 valence electrons. The maximum Gasteiger partial charge on any atom is 0.240 e. The van der Waals surface area contributed by atoms with Crippen LogP contribution in [-0.2, 0) is 21.2 Å². The highest BCUT2D eigenvalue weighted by molar-refractivity contribution is 7.89. The second kappa shape index (κ2) is 9.42. The van der Waals surface area contributed by atoms with Gasteiger partial charge < -0.3 is 10.6 Å². The smallest absolute Gasteiger partial charge is 0.240 e. The Hall–Kier alpha value is -2.29. The van der Waals surface area contributed by atoms with E-state index < -0.39 is 10.0 Å². The topological polar surface area (TPSA) is 87.3 Å². The summed E-state index contributed by atoms with van der Waals surface area (Å²) in [6, 6.07) is 15.5. The number of carbonyl (C=O) groups excluding carboxylic acids is 1. The van der Waals surface area contributed by atoms with Crippen molar-refractivity contribution >= 4 is 38.9 Å². The number of benzene rings is 2. The Bertz CT molecular complexity index is 851. The lowest BCUT2D eigenvalue weighted by Gasteiger charge is -2.11. The second-order valence-corrected chi connectivity index (χ2v) is 7.76. The monoisotopic (exact) mass is 391 g/mol. The lowest BCUT2D eigenvalue weighted by atomic mass is 10.1. The summed E-state index contributed by atoms with van der Waals surface area (Å²) in [7, 11) is -3.50. The minimum atomic E-state index is -3.50. The average molecular weight is 392 g/mol. The van der Waals surface area contributed by atoms with Crippen LogP contribution >= 0.6 is 12.2 Å². The van der Waals surface area contributed by atoms with Crippen LogP contribution in [0.2, 0.25) is 0 Å². The molecule has 0 unspecified atom stereocenters.